The standard InChI is InChI=1S/C9H6O6.HI/c10-7(11)4-2-1-3-5(8(12)13)6(4)9(14)15;/h1-3H,(H,10,11)(H,12,13)(H,14,15);1H. The Morgan fingerprint density at radius 2 is 1.19 bits per heavy atom. The van der Waals surface area contributed by atoms with Crippen LogP contribution in [0.2, 0.25) is 0 Å². The van der Waals surface area contributed by atoms with E-state index in [-0.39, 0.29) is 24.0 Å². The highest BCUT2D eigenvalue weighted by Crippen LogP contribution is 2.15. The molecule has 0 aliphatic carbocycles. The van der Waals surface area contributed by atoms with Crippen LogP contribution in [0.25, 0.3) is 0 Å². The first kappa shape index (κ1) is 14.4. The van der Waals surface area contributed by atoms with E-state index in [1.807, 2.05) is 0 Å². The Bertz CT molecular complexity index is 421. The van der Waals surface area contributed by atoms with Crippen molar-refractivity contribution in [3.8, 4) is 0 Å². The van der Waals surface area contributed by atoms with Crippen LogP contribution in [-0.4, -0.2) is 33.2 Å². The number of carboxylic acids is 3. The second-order valence-electron chi connectivity index (χ2n) is 2.64. The summed E-state index contributed by atoms with van der Waals surface area (Å²) >= 11 is 0. The van der Waals surface area contributed by atoms with Crippen LogP contribution in [0.15, 0.2) is 18.2 Å². The first-order valence-electron chi connectivity index (χ1n) is 3.78. The van der Waals surface area contributed by atoms with E-state index in [0.29, 0.717) is 0 Å². The second kappa shape index (κ2) is 5.45. The zero-order valence-corrected chi connectivity index (χ0v) is 10.0. The van der Waals surface area contributed by atoms with Crippen LogP contribution >= 0.6 is 24.0 Å². The van der Waals surface area contributed by atoms with Crippen molar-refractivity contribution in [2.24, 2.45) is 0 Å². The third-order valence-corrected chi connectivity index (χ3v) is 1.74. The molecule has 1 rings (SSSR count). The van der Waals surface area contributed by atoms with E-state index in [1.54, 1.807) is 0 Å². The minimum Gasteiger partial charge on any atom is -0.478 e. The molecule has 0 amide bonds. The van der Waals surface area contributed by atoms with Crippen molar-refractivity contribution in [2.45, 2.75) is 0 Å². The van der Waals surface area contributed by atoms with Crippen molar-refractivity contribution in [2.75, 3.05) is 0 Å². The number of benzene rings is 1. The Morgan fingerprint density at radius 1 is 0.812 bits per heavy atom. The van der Waals surface area contributed by atoms with Crippen LogP contribution in [-0.2, 0) is 0 Å². The van der Waals surface area contributed by atoms with Crippen molar-refractivity contribution in [3.63, 3.8) is 0 Å². The molecule has 0 aliphatic rings. The zero-order chi connectivity index (χ0) is 11.6. The van der Waals surface area contributed by atoms with Gasteiger partial charge in [-0.25, -0.2) is 14.4 Å². The van der Waals surface area contributed by atoms with E-state index in [2.05, 4.69) is 0 Å². The summed E-state index contributed by atoms with van der Waals surface area (Å²) in [5, 5.41) is 26.0. The van der Waals surface area contributed by atoms with Crippen LogP contribution in [0.1, 0.15) is 31.1 Å². The van der Waals surface area contributed by atoms with Crippen molar-refractivity contribution < 1.29 is 29.7 Å². The summed E-state index contributed by atoms with van der Waals surface area (Å²) in [5.41, 5.74) is -1.79. The summed E-state index contributed by atoms with van der Waals surface area (Å²) in [6, 6.07) is 3.26. The van der Waals surface area contributed by atoms with Gasteiger partial charge in [0.15, 0.2) is 0 Å². The molecule has 0 radical (unpaired) electrons. The molecule has 1 aromatic rings. The highest BCUT2D eigenvalue weighted by Gasteiger charge is 2.22. The molecule has 0 spiro atoms. The number of hydrogen-bond acceptors (Lipinski definition) is 3. The van der Waals surface area contributed by atoms with Gasteiger partial charge in [0.25, 0.3) is 0 Å². The maximum absolute atomic E-state index is 10.7. The smallest absolute Gasteiger partial charge is 0.337 e. The van der Waals surface area contributed by atoms with Gasteiger partial charge in [-0.15, -0.1) is 24.0 Å². The second-order valence-corrected chi connectivity index (χ2v) is 2.64. The van der Waals surface area contributed by atoms with E-state index < -0.39 is 34.6 Å². The molecule has 86 valence electrons. The van der Waals surface area contributed by atoms with Gasteiger partial charge in [-0.3, -0.25) is 0 Å². The molecule has 0 saturated heterocycles. The van der Waals surface area contributed by atoms with E-state index in [4.69, 9.17) is 15.3 Å². The molecular weight excluding hydrogens is 331 g/mol. The molecule has 16 heavy (non-hydrogen) atoms. The third kappa shape index (κ3) is 2.69. The van der Waals surface area contributed by atoms with Crippen molar-refractivity contribution in [3.05, 3.63) is 34.9 Å². The quantitative estimate of drug-likeness (QED) is 0.719. The third-order valence-electron chi connectivity index (χ3n) is 1.74. The molecule has 0 unspecified atom stereocenters. The molecular formula is C9H7IO6. The highest BCUT2D eigenvalue weighted by molar-refractivity contribution is 14.0. The number of hydrogen-bond donors (Lipinski definition) is 3. The van der Waals surface area contributed by atoms with Gasteiger partial charge < -0.3 is 15.3 Å². The number of aromatic carboxylic acids is 3. The van der Waals surface area contributed by atoms with Gasteiger partial charge in [-0.2, -0.15) is 0 Å². The fraction of sp³-hybridized carbons (Fsp3) is 0. The number of carboxylic acid groups (broad SMARTS) is 3. The minimum absolute atomic E-state index is 0. The van der Waals surface area contributed by atoms with Gasteiger partial charge >= 0.3 is 17.9 Å². The summed E-state index contributed by atoms with van der Waals surface area (Å²) in [6.45, 7) is 0. The van der Waals surface area contributed by atoms with Gasteiger partial charge in [-0.05, 0) is 12.1 Å². The normalized spacial score (nSPS) is 9.00. The van der Waals surface area contributed by atoms with E-state index in [1.165, 1.54) is 6.07 Å². The number of rotatable bonds is 3. The number of carbonyl (C=O) groups is 3. The van der Waals surface area contributed by atoms with E-state index in [9.17, 15) is 14.4 Å². The van der Waals surface area contributed by atoms with Crippen LogP contribution in [0.5, 0.6) is 0 Å². The Labute approximate surface area is 107 Å². The first-order chi connectivity index (χ1) is 6.95. The van der Waals surface area contributed by atoms with Crippen LogP contribution in [0, 0.1) is 0 Å². The van der Waals surface area contributed by atoms with Crippen LogP contribution in [0.3, 0.4) is 0 Å². The van der Waals surface area contributed by atoms with Crippen molar-refractivity contribution >= 4 is 41.9 Å². The highest BCUT2D eigenvalue weighted by atomic mass is 127. The molecule has 0 heterocycles. The van der Waals surface area contributed by atoms with Gasteiger partial charge in [-0.1, -0.05) is 6.07 Å². The predicted molar refractivity (Wildman–Crippen MR) is 62.7 cm³/mol. The van der Waals surface area contributed by atoms with E-state index in [0.717, 1.165) is 12.1 Å². The summed E-state index contributed by atoms with van der Waals surface area (Å²) in [5.74, 6) is -4.53. The molecule has 0 fully saturated rings. The lowest BCUT2D eigenvalue weighted by atomic mass is 10.0. The average molecular weight is 338 g/mol. The topological polar surface area (TPSA) is 112 Å². The monoisotopic (exact) mass is 338 g/mol. The molecule has 0 atom stereocenters. The Hall–Kier alpha value is -1.64. The Morgan fingerprint density at radius 3 is 1.44 bits per heavy atom. The zero-order valence-electron chi connectivity index (χ0n) is 7.71. The van der Waals surface area contributed by atoms with Crippen LogP contribution < -0.4 is 0 Å². The van der Waals surface area contributed by atoms with E-state index >= 15 is 0 Å². The van der Waals surface area contributed by atoms with Gasteiger partial charge in [0.2, 0.25) is 0 Å². The maximum Gasteiger partial charge on any atom is 0.337 e. The fourth-order valence-corrected chi connectivity index (χ4v) is 1.14. The lowest BCUT2D eigenvalue weighted by Crippen LogP contribution is -2.14. The lowest BCUT2D eigenvalue weighted by molar-refractivity contribution is 0.0633. The minimum atomic E-state index is -1.58. The average Bonchev–Trinajstić information content (AvgIpc) is 2.16. The summed E-state index contributed by atoms with van der Waals surface area (Å²) < 4.78 is 0. The molecule has 0 aromatic heterocycles. The number of halogens is 1. The molecule has 7 heteroatoms. The first-order valence-corrected chi connectivity index (χ1v) is 3.78. The predicted octanol–water partition coefficient (Wildman–Crippen LogP) is 1.40. The Kier molecular flexibility index (Phi) is 4.89. The molecule has 3 N–H and O–H groups in total. The Balaban J connectivity index is 0.00000225. The van der Waals surface area contributed by atoms with Gasteiger partial charge in [0.05, 0.1) is 16.7 Å². The summed E-state index contributed by atoms with van der Waals surface area (Å²) in [7, 11) is 0. The fourth-order valence-electron chi connectivity index (χ4n) is 1.14. The van der Waals surface area contributed by atoms with Crippen molar-refractivity contribution in [1.82, 2.24) is 0 Å². The molecule has 0 saturated carbocycles. The molecule has 0 aliphatic heterocycles. The van der Waals surface area contributed by atoms with Gasteiger partial charge in [0.1, 0.15) is 0 Å². The van der Waals surface area contributed by atoms with Gasteiger partial charge in [0, 0.05) is 0 Å². The molecule has 6 nitrogen and oxygen atoms in total. The largest absolute Gasteiger partial charge is 0.478 e. The summed E-state index contributed by atoms with van der Waals surface area (Å²) in [4.78, 5) is 32.0. The SMILES string of the molecule is I.O=C(O)c1cccc(C(=O)O)c1C(=O)O. The maximum atomic E-state index is 10.7. The summed E-state index contributed by atoms with van der Waals surface area (Å²) in [6.07, 6.45) is 0. The molecule has 0 bridgehead atoms. The molecule has 1 aromatic carbocycles. The lowest BCUT2D eigenvalue weighted by Gasteiger charge is -2.04. The van der Waals surface area contributed by atoms with Crippen molar-refractivity contribution in [1.29, 1.82) is 0 Å². The van der Waals surface area contributed by atoms with Crippen LogP contribution in [0.4, 0.5) is 0 Å².